The van der Waals surface area contributed by atoms with Crippen LogP contribution in [0.15, 0.2) is 41.3 Å². The lowest BCUT2D eigenvalue weighted by Gasteiger charge is -2.41. The molecule has 0 amide bonds. The van der Waals surface area contributed by atoms with E-state index in [1.807, 2.05) is 18.2 Å². The maximum Gasteiger partial charge on any atom is 0.223 e. The number of hydrogen-bond acceptors (Lipinski definition) is 5. The van der Waals surface area contributed by atoms with Crippen molar-refractivity contribution in [3.05, 3.63) is 52.4 Å². The molecule has 1 aliphatic rings. The minimum Gasteiger partial charge on any atom is -0.495 e. The van der Waals surface area contributed by atoms with Crippen LogP contribution in [0.3, 0.4) is 0 Å². The number of H-pyrrole nitrogens is 1. The van der Waals surface area contributed by atoms with Gasteiger partial charge in [-0.15, -0.1) is 0 Å². The monoisotopic (exact) mass is 343 g/mol. The molecule has 25 heavy (non-hydrogen) atoms. The second kappa shape index (κ2) is 7.61. The van der Waals surface area contributed by atoms with Crippen LogP contribution in [-0.2, 0) is 6.54 Å². The summed E-state index contributed by atoms with van der Waals surface area (Å²) in [6.45, 7) is 5.70. The maximum absolute atomic E-state index is 11.9. The predicted octanol–water partition coefficient (Wildman–Crippen LogP) is 2.10. The van der Waals surface area contributed by atoms with E-state index in [0.29, 0.717) is 11.8 Å². The summed E-state index contributed by atoms with van der Waals surface area (Å²) in [5.41, 5.74) is 1.95. The fourth-order valence-corrected chi connectivity index (χ4v) is 3.31. The molecule has 0 aliphatic carbocycles. The summed E-state index contributed by atoms with van der Waals surface area (Å²) in [7, 11) is 3.21. The van der Waals surface area contributed by atoms with Gasteiger partial charge in [0.1, 0.15) is 5.75 Å². The van der Waals surface area contributed by atoms with Gasteiger partial charge in [0.25, 0.3) is 0 Å². The van der Waals surface area contributed by atoms with Gasteiger partial charge in [0.15, 0.2) is 5.75 Å². The molecular weight excluding hydrogens is 318 g/mol. The molecule has 0 unspecified atom stereocenters. The number of hydrogen-bond donors (Lipinski definition) is 1. The van der Waals surface area contributed by atoms with E-state index in [4.69, 9.17) is 9.47 Å². The highest BCUT2D eigenvalue weighted by Gasteiger charge is 2.25. The van der Waals surface area contributed by atoms with Crippen LogP contribution in [0.2, 0.25) is 0 Å². The topological polar surface area (TPSA) is 57.8 Å². The minimum atomic E-state index is -0.0865. The van der Waals surface area contributed by atoms with E-state index in [1.165, 1.54) is 7.11 Å². The molecule has 2 heterocycles. The SMILES string of the molecule is COc1ccccc1N1CCN(Cc2cc(=O)c(OC)c[nH]2)[C@@H](C)C1. The summed E-state index contributed by atoms with van der Waals surface area (Å²) in [6.07, 6.45) is 1.63. The van der Waals surface area contributed by atoms with Gasteiger partial charge in [0, 0.05) is 50.2 Å². The van der Waals surface area contributed by atoms with Crippen molar-refractivity contribution in [2.45, 2.75) is 19.5 Å². The van der Waals surface area contributed by atoms with E-state index < -0.39 is 0 Å². The third-order valence-electron chi connectivity index (χ3n) is 4.72. The molecule has 1 atom stereocenters. The number of benzene rings is 1. The third-order valence-corrected chi connectivity index (χ3v) is 4.72. The molecule has 0 radical (unpaired) electrons. The standard InChI is InChI=1S/C19H25N3O3/c1-14-12-22(16-6-4-5-7-18(16)24-2)9-8-21(14)13-15-10-17(23)19(25-3)11-20-15/h4-7,10-11,14H,8-9,12-13H2,1-3H3,(H,20,23)/t14-/m0/s1. The predicted molar refractivity (Wildman–Crippen MR) is 98.7 cm³/mol. The van der Waals surface area contributed by atoms with Gasteiger partial charge in [-0.05, 0) is 19.1 Å². The number of methoxy groups -OCH3 is 2. The number of ether oxygens (including phenoxy) is 2. The van der Waals surface area contributed by atoms with E-state index in [9.17, 15) is 4.79 Å². The molecule has 0 saturated carbocycles. The zero-order chi connectivity index (χ0) is 17.8. The lowest BCUT2D eigenvalue weighted by atomic mass is 10.1. The van der Waals surface area contributed by atoms with E-state index in [0.717, 1.165) is 43.3 Å². The molecule has 6 heteroatoms. The summed E-state index contributed by atoms with van der Waals surface area (Å²) in [5, 5.41) is 0. The lowest BCUT2D eigenvalue weighted by Crippen LogP contribution is -2.51. The first-order chi connectivity index (χ1) is 12.1. The van der Waals surface area contributed by atoms with Crippen LogP contribution < -0.4 is 19.8 Å². The molecule has 1 fully saturated rings. The number of aromatic amines is 1. The fraction of sp³-hybridized carbons (Fsp3) is 0.421. The Hall–Kier alpha value is -2.47. The van der Waals surface area contributed by atoms with Crippen molar-refractivity contribution in [1.29, 1.82) is 0 Å². The summed E-state index contributed by atoms with van der Waals surface area (Å²) in [6, 6.07) is 10.1. The average Bonchev–Trinajstić information content (AvgIpc) is 2.63. The molecule has 1 aliphatic heterocycles. The lowest BCUT2D eigenvalue weighted by molar-refractivity contribution is 0.178. The highest BCUT2D eigenvalue weighted by atomic mass is 16.5. The molecule has 1 aromatic heterocycles. The quantitative estimate of drug-likeness (QED) is 0.901. The van der Waals surface area contributed by atoms with E-state index in [-0.39, 0.29) is 5.43 Å². The van der Waals surface area contributed by atoms with Crippen LogP contribution in [0.4, 0.5) is 5.69 Å². The first-order valence-corrected chi connectivity index (χ1v) is 8.50. The average molecular weight is 343 g/mol. The van der Waals surface area contributed by atoms with Gasteiger partial charge in [-0.2, -0.15) is 0 Å². The number of aromatic nitrogens is 1. The Morgan fingerprint density at radius 1 is 1.16 bits per heavy atom. The molecule has 134 valence electrons. The number of pyridine rings is 1. The third kappa shape index (κ3) is 3.79. The molecule has 0 bridgehead atoms. The van der Waals surface area contributed by atoms with Crippen molar-refractivity contribution in [2.24, 2.45) is 0 Å². The second-order valence-electron chi connectivity index (χ2n) is 6.33. The minimum absolute atomic E-state index is 0.0865. The van der Waals surface area contributed by atoms with Crippen LogP contribution in [0, 0.1) is 0 Å². The molecule has 1 saturated heterocycles. The summed E-state index contributed by atoms with van der Waals surface area (Å²) >= 11 is 0. The number of anilines is 1. The Labute approximate surface area is 148 Å². The first-order valence-electron chi connectivity index (χ1n) is 8.50. The van der Waals surface area contributed by atoms with Crippen LogP contribution in [0.25, 0.3) is 0 Å². The maximum atomic E-state index is 11.9. The highest BCUT2D eigenvalue weighted by molar-refractivity contribution is 5.58. The molecule has 0 spiro atoms. The van der Waals surface area contributed by atoms with Crippen molar-refractivity contribution in [3.8, 4) is 11.5 Å². The van der Waals surface area contributed by atoms with Gasteiger partial charge in [-0.1, -0.05) is 12.1 Å². The van der Waals surface area contributed by atoms with Crippen LogP contribution >= 0.6 is 0 Å². The van der Waals surface area contributed by atoms with Crippen molar-refractivity contribution in [2.75, 3.05) is 38.8 Å². The highest BCUT2D eigenvalue weighted by Crippen LogP contribution is 2.29. The number of piperazine rings is 1. The van der Waals surface area contributed by atoms with Gasteiger partial charge < -0.3 is 19.4 Å². The molecule has 6 nitrogen and oxygen atoms in total. The summed E-state index contributed by atoms with van der Waals surface area (Å²) in [5.74, 6) is 1.25. The van der Waals surface area contributed by atoms with Gasteiger partial charge in [0.05, 0.1) is 19.9 Å². The summed E-state index contributed by atoms with van der Waals surface area (Å²) < 4.78 is 10.5. The van der Waals surface area contributed by atoms with Crippen LogP contribution in [0.1, 0.15) is 12.6 Å². The van der Waals surface area contributed by atoms with Crippen LogP contribution in [0.5, 0.6) is 11.5 Å². The molecule has 2 aromatic rings. The van der Waals surface area contributed by atoms with Gasteiger partial charge in [-0.25, -0.2) is 0 Å². The zero-order valence-corrected chi connectivity index (χ0v) is 15.0. The largest absolute Gasteiger partial charge is 0.495 e. The van der Waals surface area contributed by atoms with Crippen molar-refractivity contribution < 1.29 is 9.47 Å². The molecule has 1 aromatic carbocycles. The summed E-state index contributed by atoms with van der Waals surface area (Å²) in [4.78, 5) is 19.8. The van der Waals surface area contributed by atoms with E-state index in [1.54, 1.807) is 19.4 Å². The number of nitrogens with one attached hydrogen (secondary N) is 1. The Bertz CT molecular complexity index is 775. The zero-order valence-electron chi connectivity index (χ0n) is 15.0. The van der Waals surface area contributed by atoms with E-state index >= 15 is 0 Å². The number of rotatable bonds is 5. The van der Waals surface area contributed by atoms with Crippen molar-refractivity contribution in [1.82, 2.24) is 9.88 Å². The first kappa shape index (κ1) is 17.4. The Kier molecular flexibility index (Phi) is 5.28. The second-order valence-corrected chi connectivity index (χ2v) is 6.33. The Morgan fingerprint density at radius 2 is 1.92 bits per heavy atom. The van der Waals surface area contributed by atoms with Gasteiger partial charge in [-0.3, -0.25) is 9.69 Å². The normalized spacial score (nSPS) is 18.2. The fourth-order valence-electron chi connectivity index (χ4n) is 3.31. The number of nitrogens with zero attached hydrogens (tertiary/aromatic N) is 2. The molecule has 3 rings (SSSR count). The Balaban J connectivity index is 1.68. The van der Waals surface area contributed by atoms with E-state index in [2.05, 4.69) is 27.8 Å². The van der Waals surface area contributed by atoms with Crippen molar-refractivity contribution >= 4 is 5.69 Å². The molecular formula is C19H25N3O3. The number of para-hydroxylation sites is 2. The van der Waals surface area contributed by atoms with Crippen LogP contribution in [-0.4, -0.2) is 49.8 Å². The van der Waals surface area contributed by atoms with Gasteiger partial charge in [0.2, 0.25) is 5.43 Å². The van der Waals surface area contributed by atoms with Crippen molar-refractivity contribution in [3.63, 3.8) is 0 Å². The molecule has 1 N–H and O–H groups in total. The smallest absolute Gasteiger partial charge is 0.223 e. The Morgan fingerprint density at radius 3 is 2.60 bits per heavy atom. The van der Waals surface area contributed by atoms with Gasteiger partial charge >= 0.3 is 0 Å².